The van der Waals surface area contributed by atoms with E-state index in [9.17, 15) is 4.79 Å². The zero-order chi connectivity index (χ0) is 18.8. The van der Waals surface area contributed by atoms with Crippen LogP contribution in [0.25, 0.3) is 16.7 Å². The Balaban J connectivity index is 1.69. The number of nitrogens with one attached hydrogen (secondary N) is 1. The zero-order valence-corrected chi connectivity index (χ0v) is 15.1. The predicted molar refractivity (Wildman–Crippen MR) is 98.3 cm³/mol. The summed E-state index contributed by atoms with van der Waals surface area (Å²) in [6.07, 6.45) is 3.92. The minimum atomic E-state index is -0.348. The summed E-state index contributed by atoms with van der Waals surface area (Å²) < 4.78 is 18.0. The summed E-state index contributed by atoms with van der Waals surface area (Å²) in [6.45, 7) is 0.566. The van der Waals surface area contributed by atoms with E-state index in [4.69, 9.17) is 14.2 Å². The van der Waals surface area contributed by atoms with E-state index in [1.807, 2.05) is 36.5 Å². The van der Waals surface area contributed by atoms with E-state index in [2.05, 4.69) is 15.4 Å². The highest BCUT2D eigenvalue weighted by molar-refractivity contribution is 5.87. The second-order valence-corrected chi connectivity index (χ2v) is 6.27. The molecule has 3 heterocycles. The number of nitrogens with zero attached hydrogens (tertiary/aromatic N) is 3. The molecular formula is C19H20N4O4. The number of hydrogen-bond donors (Lipinski definition) is 1. The van der Waals surface area contributed by atoms with Crippen molar-refractivity contribution in [1.29, 1.82) is 0 Å². The number of pyridine rings is 1. The molecule has 3 aromatic rings. The normalized spacial score (nSPS) is 19.2. The van der Waals surface area contributed by atoms with Gasteiger partial charge in [0.25, 0.3) is 0 Å². The first-order valence-corrected chi connectivity index (χ1v) is 8.64. The molecular weight excluding hydrogens is 348 g/mol. The predicted octanol–water partition coefficient (Wildman–Crippen LogP) is 1.71. The number of fused-ring (bicyclic) bond motifs is 1. The Labute approximate surface area is 156 Å². The Morgan fingerprint density at radius 1 is 1.30 bits per heavy atom. The molecule has 1 aliphatic rings. The summed E-state index contributed by atoms with van der Waals surface area (Å²) in [5.41, 5.74) is 0.743. The number of esters is 1. The minimum Gasteiger partial charge on any atom is -0.497 e. The first-order valence-electron chi connectivity index (χ1n) is 8.64. The van der Waals surface area contributed by atoms with E-state index < -0.39 is 0 Å². The maximum absolute atomic E-state index is 11.7. The molecule has 2 atom stereocenters. The second-order valence-electron chi connectivity index (χ2n) is 6.27. The van der Waals surface area contributed by atoms with Crippen LogP contribution >= 0.6 is 0 Å². The number of hydrogen-bond acceptors (Lipinski definition) is 7. The molecule has 1 unspecified atom stereocenters. The number of rotatable bonds is 5. The number of carbonyl (C=O) groups is 1. The topological polar surface area (TPSA) is 87.5 Å². The molecule has 0 spiro atoms. The average Bonchev–Trinajstić information content (AvgIpc) is 3.39. The van der Waals surface area contributed by atoms with Gasteiger partial charge >= 0.3 is 5.97 Å². The van der Waals surface area contributed by atoms with Crippen molar-refractivity contribution in [3.05, 3.63) is 42.7 Å². The SMILES string of the molecule is COC(=O)[C@@H]1CC(Oc2cc(-n3cccn3)nc3cc(OC)ccc23)CN1. The van der Waals surface area contributed by atoms with Crippen LogP contribution in [0.1, 0.15) is 6.42 Å². The standard InChI is InChI=1S/C19H20N4O4/c1-25-12-4-5-14-15(8-12)22-18(23-7-3-6-21-23)10-17(14)27-13-9-16(20-11-13)19(24)26-2/h3-8,10,13,16,20H,9,11H2,1-2H3/t13?,16-/m0/s1. The molecule has 8 heteroatoms. The van der Waals surface area contributed by atoms with Gasteiger partial charge in [0, 0.05) is 42.9 Å². The third kappa shape index (κ3) is 3.43. The van der Waals surface area contributed by atoms with Crippen LogP contribution in [0.3, 0.4) is 0 Å². The van der Waals surface area contributed by atoms with Crippen LogP contribution in [0.4, 0.5) is 0 Å². The molecule has 0 saturated carbocycles. The molecule has 1 aromatic carbocycles. The first-order chi connectivity index (χ1) is 13.2. The van der Waals surface area contributed by atoms with Crippen LogP contribution in [-0.2, 0) is 9.53 Å². The van der Waals surface area contributed by atoms with Crippen LogP contribution in [0.5, 0.6) is 11.5 Å². The van der Waals surface area contributed by atoms with Gasteiger partial charge in [0.15, 0.2) is 5.82 Å². The first kappa shape index (κ1) is 17.3. The molecule has 1 saturated heterocycles. The van der Waals surface area contributed by atoms with Crippen molar-refractivity contribution in [2.75, 3.05) is 20.8 Å². The summed E-state index contributed by atoms with van der Waals surface area (Å²) in [6, 6.07) is 8.99. The number of carbonyl (C=O) groups excluding carboxylic acids is 1. The van der Waals surface area contributed by atoms with E-state index in [0.717, 1.165) is 10.9 Å². The van der Waals surface area contributed by atoms with Gasteiger partial charge in [0.05, 0.1) is 19.7 Å². The van der Waals surface area contributed by atoms with Crippen molar-refractivity contribution >= 4 is 16.9 Å². The molecule has 2 aromatic heterocycles. The smallest absolute Gasteiger partial charge is 0.323 e. The quantitative estimate of drug-likeness (QED) is 0.686. The van der Waals surface area contributed by atoms with Crippen molar-refractivity contribution in [3.63, 3.8) is 0 Å². The molecule has 1 fully saturated rings. The van der Waals surface area contributed by atoms with Crippen LogP contribution in [0.15, 0.2) is 42.7 Å². The third-order valence-electron chi connectivity index (χ3n) is 4.57. The Bertz CT molecular complexity index is 958. The number of methoxy groups -OCH3 is 2. The molecule has 1 N–H and O–H groups in total. The zero-order valence-electron chi connectivity index (χ0n) is 15.1. The summed E-state index contributed by atoms with van der Waals surface area (Å²) >= 11 is 0. The summed E-state index contributed by atoms with van der Waals surface area (Å²) in [4.78, 5) is 16.4. The van der Waals surface area contributed by atoms with Gasteiger partial charge in [-0.2, -0.15) is 5.10 Å². The van der Waals surface area contributed by atoms with Crippen LogP contribution in [0, 0.1) is 0 Å². The lowest BCUT2D eigenvalue weighted by Crippen LogP contribution is -2.31. The molecule has 140 valence electrons. The lowest BCUT2D eigenvalue weighted by Gasteiger charge is -2.16. The minimum absolute atomic E-state index is 0.146. The Hall–Kier alpha value is -3.13. The molecule has 0 radical (unpaired) electrons. The van der Waals surface area contributed by atoms with Crippen molar-refractivity contribution in [2.24, 2.45) is 0 Å². The summed E-state index contributed by atoms with van der Waals surface area (Å²) in [5.74, 6) is 1.77. The van der Waals surface area contributed by atoms with Gasteiger partial charge in [-0.3, -0.25) is 4.79 Å². The maximum atomic E-state index is 11.7. The van der Waals surface area contributed by atoms with Gasteiger partial charge in [0.2, 0.25) is 0 Å². The van der Waals surface area contributed by atoms with Crippen LogP contribution in [0.2, 0.25) is 0 Å². The summed E-state index contributed by atoms with van der Waals surface area (Å²) in [5, 5.41) is 8.25. The van der Waals surface area contributed by atoms with Crippen molar-refractivity contribution in [1.82, 2.24) is 20.1 Å². The molecule has 8 nitrogen and oxygen atoms in total. The lowest BCUT2D eigenvalue weighted by atomic mass is 10.1. The number of ether oxygens (including phenoxy) is 3. The highest BCUT2D eigenvalue weighted by Crippen LogP contribution is 2.31. The average molecular weight is 368 g/mol. The fourth-order valence-corrected chi connectivity index (χ4v) is 3.20. The van der Waals surface area contributed by atoms with Gasteiger partial charge in [-0.25, -0.2) is 9.67 Å². The van der Waals surface area contributed by atoms with Gasteiger partial charge in [-0.15, -0.1) is 0 Å². The van der Waals surface area contributed by atoms with E-state index in [-0.39, 0.29) is 18.1 Å². The molecule has 27 heavy (non-hydrogen) atoms. The van der Waals surface area contributed by atoms with Crippen molar-refractivity contribution < 1.29 is 19.0 Å². The third-order valence-corrected chi connectivity index (χ3v) is 4.57. The fourth-order valence-electron chi connectivity index (χ4n) is 3.20. The molecule has 4 rings (SSSR count). The molecule has 0 bridgehead atoms. The monoisotopic (exact) mass is 368 g/mol. The van der Waals surface area contributed by atoms with Gasteiger partial charge in [0.1, 0.15) is 23.6 Å². The lowest BCUT2D eigenvalue weighted by molar-refractivity contribution is -0.142. The Morgan fingerprint density at radius 2 is 2.19 bits per heavy atom. The number of aromatic nitrogens is 3. The van der Waals surface area contributed by atoms with Crippen LogP contribution < -0.4 is 14.8 Å². The highest BCUT2D eigenvalue weighted by atomic mass is 16.5. The largest absolute Gasteiger partial charge is 0.497 e. The molecule has 1 aliphatic heterocycles. The van der Waals surface area contributed by atoms with Gasteiger partial charge in [-0.1, -0.05) is 0 Å². The highest BCUT2D eigenvalue weighted by Gasteiger charge is 2.31. The second kappa shape index (κ2) is 7.24. The summed E-state index contributed by atoms with van der Waals surface area (Å²) in [7, 11) is 3.01. The van der Waals surface area contributed by atoms with Crippen LogP contribution in [-0.4, -0.2) is 53.6 Å². The van der Waals surface area contributed by atoms with E-state index in [1.165, 1.54) is 7.11 Å². The van der Waals surface area contributed by atoms with E-state index >= 15 is 0 Å². The molecule has 0 amide bonds. The van der Waals surface area contributed by atoms with Crippen molar-refractivity contribution in [3.8, 4) is 17.3 Å². The van der Waals surface area contributed by atoms with E-state index in [0.29, 0.717) is 30.3 Å². The van der Waals surface area contributed by atoms with Crippen molar-refractivity contribution in [2.45, 2.75) is 18.6 Å². The Morgan fingerprint density at radius 3 is 2.93 bits per heavy atom. The Kier molecular flexibility index (Phi) is 4.64. The van der Waals surface area contributed by atoms with E-state index in [1.54, 1.807) is 18.0 Å². The molecule has 0 aliphatic carbocycles. The maximum Gasteiger partial charge on any atom is 0.323 e. The fraction of sp³-hybridized carbons (Fsp3) is 0.316. The van der Waals surface area contributed by atoms with Gasteiger partial charge in [-0.05, 0) is 18.2 Å². The van der Waals surface area contributed by atoms with Gasteiger partial charge < -0.3 is 19.5 Å². The number of benzene rings is 1.